The van der Waals surface area contributed by atoms with Crippen LogP contribution in [0.3, 0.4) is 0 Å². The standard InChI is InChI=1S/C28H29N7O2/c1-17(2)21-8-6-7-9-22(21)25-29-15-24-26(31-25)34(28(37)30-24)16-19-10-12-20(13-11-19)35-18(3)14-23(32-35)27(36)33(4)5/h6-15,17H,16H2,1-5H3,(H,30,37). The van der Waals surface area contributed by atoms with E-state index < -0.39 is 0 Å². The van der Waals surface area contributed by atoms with Crippen LogP contribution in [0.2, 0.25) is 0 Å². The largest absolute Gasteiger partial charge is 0.343 e. The van der Waals surface area contributed by atoms with Crippen LogP contribution in [-0.2, 0) is 6.54 Å². The van der Waals surface area contributed by atoms with Crippen molar-refractivity contribution in [2.45, 2.75) is 33.2 Å². The van der Waals surface area contributed by atoms with Gasteiger partial charge in [0.1, 0.15) is 5.52 Å². The number of amides is 1. The Morgan fingerprint density at radius 2 is 1.81 bits per heavy atom. The molecule has 37 heavy (non-hydrogen) atoms. The zero-order chi connectivity index (χ0) is 26.3. The van der Waals surface area contributed by atoms with Crippen molar-refractivity contribution in [2.24, 2.45) is 0 Å². The van der Waals surface area contributed by atoms with Gasteiger partial charge in [0.05, 0.1) is 18.4 Å². The molecule has 3 heterocycles. The van der Waals surface area contributed by atoms with Crippen molar-refractivity contribution < 1.29 is 4.79 Å². The van der Waals surface area contributed by atoms with Gasteiger partial charge in [0.25, 0.3) is 5.91 Å². The van der Waals surface area contributed by atoms with Gasteiger partial charge in [0.2, 0.25) is 0 Å². The first-order valence-corrected chi connectivity index (χ1v) is 12.2. The van der Waals surface area contributed by atoms with E-state index in [1.165, 1.54) is 4.90 Å². The fourth-order valence-corrected chi connectivity index (χ4v) is 4.42. The number of aromatic amines is 1. The minimum Gasteiger partial charge on any atom is -0.343 e. The number of benzene rings is 2. The second kappa shape index (κ2) is 9.50. The Labute approximate surface area is 214 Å². The van der Waals surface area contributed by atoms with E-state index in [2.05, 4.69) is 35.0 Å². The number of aryl methyl sites for hydroxylation is 1. The van der Waals surface area contributed by atoms with Crippen molar-refractivity contribution >= 4 is 17.1 Å². The van der Waals surface area contributed by atoms with Crippen LogP contribution in [0.25, 0.3) is 28.2 Å². The third-order valence-electron chi connectivity index (χ3n) is 6.37. The predicted molar refractivity (Wildman–Crippen MR) is 143 cm³/mol. The van der Waals surface area contributed by atoms with Crippen molar-refractivity contribution in [1.82, 2.24) is 34.2 Å². The lowest BCUT2D eigenvalue weighted by Crippen LogP contribution is -2.22. The molecule has 9 nitrogen and oxygen atoms in total. The van der Waals surface area contributed by atoms with Crippen LogP contribution in [0, 0.1) is 6.92 Å². The molecule has 0 atom stereocenters. The third kappa shape index (κ3) is 4.55. The Morgan fingerprint density at radius 3 is 2.51 bits per heavy atom. The van der Waals surface area contributed by atoms with E-state index in [4.69, 9.17) is 4.98 Å². The number of nitrogens with one attached hydrogen (secondary N) is 1. The molecule has 9 heteroatoms. The van der Waals surface area contributed by atoms with Crippen molar-refractivity contribution in [3.05, 3.63) is 93.8 Å². The number of rotatable bonds is 6. The fourth-order valence-electron chi connectivity index (χ4n) is 4.42. The van der Waals surface area contributed by atoms with Gasteiger partial charge in [0, 0.05) is 25.4 Å². The van der Waals surface area contributed by atoms with E-state index in [-0.39, 0.29) is 11.6 Å². The van der Waals surface area contributed by atoms with Crippen molar-refractivity contribution in [3.63, 3.8) is 0 Å². The van der Waals surface area contributed by atoms with Crippen LogP contribution < -0.4 is 5.69 Å². The highest BCUT2D eigenvalue weighted by atomic mass is 16.2. The summed E-state index contributed by atoms with van der Waals surface area (Å²) in [6.07, 6.45) is 1.67. The average Bonchev–Trinajstić information content (AvgIpc) is 3.42. The molecule has 1 amide bonds. The lowest BCUT2D eigenvalue weighted by molar-refractivity contribution is 0.0821. The maximum atomic E-state index is 12.8. The van der Waals surface area contributed by atoms with Crippen LogP contribution in [0.1, 0.15) is 47.1 Å². The van der Waals surface area contributed by atoms with Crippen molar-refractivity contribution in [3.8, 4) is 17.1 Å². The first-order chi connectivity index (χ1) is 17.7. The van der Waals surface area contributed by atoms with E-state index in [1.54, 1.807) is 35.6 Å². The third-order valence-corrected chi connectivity index (χ3v) is 6.37. The molecule has 0 aliphatic rings. The highest BCUT2D eigenvalue weighted by molar-refractivity contribution is 5.92. The van der Waals surface area contributed by atoms with Crippen molar-refractivity contribution in [1.29, 1.82) is 0 Å². The number of hydrogen-bond donors (Lipinski definition) is 1. The molecule has 0 saturated carbocycles. The summed E-state index contributed by atoms with van der Waals surface area (Å²) in [6, 6.07) is 17.6. The smallest absolute Gasteiger partial charge is 0.328 e. The quantitative estimate of drug-likeness (QED) is 0.381. The summed E-state index contributed by atoms with van der Waals surface area (Å²) < 4.78 is 3.37. The van der Waals surface area contributed by atoms with Crippen LogP contribution in [0.5, 0.6) is 0 Å². The van der Waals surface area contributed by atoms with Crippen LogP contribution in [0.4, 0.5) is 0 Å². The summed E-state index contributed by atoms with van der Waals surface area (Å²) in [6.45, 7) is 6.54. The zero-order valence-corrected chi connectivity index (χ0v) is 21.6. The minimum absolute atomic E-state index is 0.144. The number of hydrogen-bond acceptors (Lipinski definition) is 5. The van der Waals surface area contributed by atoms with E-state index in [0.717, 1.165) is 28.1 Å². The average molecular weight is 496 g/mol. The molecular formula is C28H29N7O2. The summed E-state index contributed by atoms with van der Waals surface area (Å²) in [5, 5.41) is 4.47. The molecular weight excluding hydrogens is 466 g/mol. The second-order valence-corrected chi connectivity index (χ2v) is 9.64. The van der Waals surface area contributed by atoms with Crippen molar-refractivity contribution in [2.75, 3.05) is 14.1 Å². The molecule has 2 aromatic carbocycles. The van der Waals surface area contributed by atoms with Gasteiger partial charge in [-0.1, -0.05) is 50.2 Å². The van der Waals surface area contributed by atoms with Gasteiger partial charge in [-0.15, -0.1) is 0 Å². The van der Waals surface area contributed by atoms with Gasteiger partial charge < -0.3 is 9.88 Å². The molecule has 0 bridgehead atoms. The van der Waals surface area contributed by atoms with Gasteiger partial charge in [-0.25, -0.2) is 19.4 Å². The first kappa shape index (κ1) is 24.2. The highest BCUT2D eigenvalue weighted by Gasteiger charge is 2.16. The van der Waals surface area contributed by atoms with Gasteiger partial charge in [-0.05, 0) is 42.2 Å². The maximum absolute atomic E-state index is 12.8. The van der Waals surface area contributed by atoms with Gasteiger partial charge in [-0.2, -0.15) is 5.10 Å². The summed E-state index contributed by atoms with van der Waals surface area (Å²) in [4.78, 5) is 38.8. The Bertz CT molecular complexity index is 1660. The molecule has 188 valence electrons. The van der Waals surface area contributed by atoms with Gasteiger partial charge in [0.15, 0.2) is 17.2 Å². The Kier molecular flexibility index (Phi) is 6.20. The Morgan fingerprint density at radius 1 is 1.08 bits per heavy atom. The van der Waals surface area contributed by atoms with E-state index in [1.807, 2.05) is 49.4 Å². The molecule has 0 radical (unpaired) electrons. The second-order valence-electron chi connectivity index (χ2n) is 9.64. The molecule has 3 aromatic heterocycles. The molecule has 0 fully saturated rings. The number of carbonyl (C=O) groups excluding carboxylic acids is 1. The lowest BCUT2D eigenvalue weighted by atomic mass is 9.97. The monoisotopic (exact) mass is 495 g/mol. The normalized spacial score (nSPS) is 11.4. The van der Waals surface area contributed by atoms with Crippen LogP contribution in [-0.4, -0.2) is 54.2 Å². The number of carbonyl (C=O) groups is 1. The topological polar surface area (TPSA) is 102 Å². The number of imidazole rings is 1. The van der Waals surface area contributed by atoms with E-state index >= 15 is 0 Å². The molecule has 1 N–H and O–H groups in total. The molecule has 0 aliphatic heterocycles. The van der Waals surface area contributed by atoms with Crippen LogP contribution in [0.15, 0.2) is 65.6 Å². The van der Waals surface area contributed by atoms with E-state index in [9.17, 15) is 9.59 Å². The van der Waals surface area contributed by atoms with Gasteiger partial charge in [-0.3, -0.25) is 9.36 Å². The molecule has 0 aliphatic carbocycles. The molecule has 0 spiro atoms. The number of nitrogens with zero attached hydrogens (tertiary/aromatic N) is 6. The zero-order valence-electron chi connectivity index (χ0n) is 21.6. The highest BCUT2D eigenvalue weighted by Crippen LogP contribution is 2.27. The first-order valence-electron chi connectivity index (χ1n) is 12.2. The Hall–Kier alpha value is -4.53. The lowest BCUT2D eigenvalue weighted by Gasteiger charge is -2.11. The van der Waals surface area contributed by atoms with E-state index in [0.29, 0.717) is 35.1 Å². The predicted octanol–water partition coefficient (Wildman–Crippen LogP) is 4.15. The summed E-state index contributed by atoms with van der Waals surface area (Å²) in [5.74, 6) is 0.768. The minimum atomic E-state index is -0.238. The maximum Gasteiger partial charge on any atom is 0.328 e. The fraction of sp³-hybridized carbons (Fsp3) is 0.250. The molecule has 5 aromatic rings. The SMILES string of the molecule is Cc1cc(C(=O)N(C)C)nn1-c1ccc(Cn2c(=O)[nH]c3cnc(-c4ccccc4C(C)C)nc32)cc1. The number of aromatic nitrogens is 6. The van der Waals surface area contributed by atoms with Gasteiger partial charge >= 0.3 is 5.69 Å². The summed E-state index contributed by atoms with van der Waals surface area (Å²) in [5.41, 5.74) is 6.06. The Balaban J connectivity index is 1.46. The van der Waals surface area contributed by atoms with Crippen LogP contribution >= 0.6 is 0 Å². The molecule has 5 rings (SSSR count). The summed E-state index contributed by atoms with van der Waals surface area (Å²) >= 11 is 0. The number of H-pyrrole nitrogens is 1. The summed E-state index contributed by atoms with van der Waals surface area (Å²) in [7, 11) is 3.41. The molecule has 0 saturated heterocycles. The molecule has 0 unspecified atom stereocenters. The number of fused-ring (bicyclic) bond motifs is 1.